The van der Waals surface area contributed by atoms with Crippen LogP contribution in [0.4, 0.5) is 10.8 Å². The summed E-state index contributed by atoms with van der Waals surface area (Å²) >= 11 is 1.32. The highest BCUT2D eigenvalue weighted by atomic mass is 32.1. The summed E-state index contributed by atoms with van der Waals surface area (Å²) in [6, 6.07) is 10.3. The number of aryl methyl sites for hydroxylation is 3. The van der Waals surface area contributed by atoms with Gasteiger partial charge in [-0.2, -0.15) is 0 Å². The zero-order chi connectivity index (χ0) is 22.7. The summed E-state index contributed by atoms with van der Waals surface area (Å²) in [4.78, 5) is 44.8. The molecule has 0 N–H and O–H groups in total. The fourth-order valence-corrected chi connectivity index (χ4v) is 4.90. The van der Waals surface area contributed by atoms with Crippen LogP contribution in [0.15, 0.2) is 51.7 Å². The van der Waals surface area contributed by atoms with Gasteiger partial charge in [0, 0.05) is 17.0 Å². The van der Waals surface area contributed by atoms with E-state index in [9.17, 15) is 19.7 Å². The number of non-ortho nitro benzene ring substituents is 1. The highest BCUT2D eigenvalue weighted by Crippen LogP contribution is 2.43. The molecule has 9 heteroatoms. The molecule has 8 nitrogen and oxygen atoms in total. The lowest BCUT2D eigenvalue weighted by molar-refractivity contribution is -0.384. The van der Waals surface area contributed by atoms with Crippen LogP contribution in [0.2, 0.25) is 0 Å². The number of hydrogen-bond acceptors (Lipinski definition) is 7. The molecular weight excluding hydrogens is 430 g/mol. The maximum Gasteiger partial charge on any atom is 0.297 e. The van der Waals surface area contributed by atoms with Gasteiger partial charge in [0.25, 0.3) is 11.6 Å². The van der Waals surface area contributed by atoms with Crippen molar-refractivity contribution >= 4 is 39.0 Å². The summed E-state index contributed by atoms with van der Waals surface area (Å²) in [6.07, 6.45) is 0. The van der Waals surface area contributed by atoms with E-state index in [1.165, 1.54) is 28.4 Å². The molecule has 0 saturated heterocycles. The fourth-order valence-electron chi connectivity index (χ4n) is 3.97. The number of carbonyl (C=O) groups is 1. The summed E-state index contributed by atoms with van der Waals surface area (Å²) in [5.41, 5.74) is 2.11. The van der Waals surface area contributed by atoms with Gasteiger partial charge in [-0.3, -0.25) is 24.6 Å². The molecule has 1 amide bonds. The number of nitrogens with zero attached hydrogens (tertiary/aromatic N) is 3. The van der Waals surface area contributed by atoms with Crippen LogP contribution >= 0.6 is 11.3 Å². The number of amides is 1. The van der Waals surface area contributed by atoms with Crippen molar-refractivity contribution < 1.29 is 14.1 Å². The SMILES string of the molecule is Cc1ccc2oc3c(c(=O)c2c1)[C@@H](c1cccc([N+](=O)[O-])c1)N(c1nc(C)c(C)s1)C3=O. The van der Waals surface area contributed by atoms with Crippen molar-refractivity contribution in [3.05, 3.63) is 95.8 Å². The first-order valence-electron chi connectivity index (χ1n) is 9.85. The smallest absolute Gasteiger partial charge is 0.297 e. The van der Waals surface area contributed by atoms with Gasteiger partial charge < -0.3 is 4.42 Å². The van der Waals surface area contributed by atoms with Gasteiger partial charge in [-0.1, -0.05) is 23.8 Å². The Balaban J connectivity index is 1.83. The standard InChI is InChI=1S/C23H17N3O5S/c1-11-7-8-17-16(9-11)20(27)18-19(14-5-4-6-15(10-14)26(29)30)25(22(28)21(18)31-17)23-24-12(2)13(3)32-23/h4-10,19H,1-3H3/t19-/m1/s1. The summed E-state index contributed by atoms with van der Waals surface area (Å²) in [6.45, 7) is 5.60. The Hall–Kier alpha value is -3.85. The molecule has 1 aliphatic rings. The number of nitro benzene ring substituents is 1. The molecule has 32 heavy (non-hydrogen) atoms. The lowest BCUT2D eigenvalue weighted by Crippen LogP contribution is -2.29. The van der Waals surface area contributed by atoms with E-state index in [-0.39, 0.29) is 22.4 Å². The molecule has 1 aliphatic heterocycles. The average molecular weight is 447 g/mol. The van der Waals surface area contributed by atoms with E-state index >= 15 is 0 Å². The average Bonchev–Trinajstić information content (AvgIpc) is 3.25. The highest BCUT2D eigenvalue weighted by molar-refractivity contribution is 7.15. The van der Waals surface area contributed by atoms with Crippen LogP contribution in [0.25, 0.3) is 11.0 Å². The van der Waals surface area contributed by atoms with Crippen molar-refractivity contribution in [2.75, 3.05) is 4.90 Å². The van der Waals surface area contributed by atoms with E-state index in [1.807, 2.05) is 20.8 Å². The van der Waals surface area contributed by atoms with E-state index in [0.717, 1.165) is 16.1 Å². The molecule has 4 aromatic rings. The molecule has 0 radical (unpaired) electrons. The van der Waals surface area contributed by atoms with Crippen LogP contribution in [0.5, 0.6) is 0 Å². The second-order valence-corrected chi connectivity index (χ2v) is 8.92. The Kier molecular flexibility index (Phi) is 4.45. The van der Waals surface area contributed by atoms with Crippen LogP contribution in [0, 0.1) is 30.9 Å². The van der Waals surface area contributed by atoms with Gasteiger partial charge >= 0.3 is 0 Å². The summed E-state index contributed by atoms with van der Waals surface area (Å²) < 4.78 is 5.92. The van der Waals surface area contributed by atoms with E-state index in [1.54, 1.807) is 30.3 Å². The summed E-state index contributed by atoms with van der Waals surface area (Å²) in [7, 11) is 0. The van der Waals surface area contributed by atoms with E-state index in [2.05, 4.69) is 4.98 Å². The Bertz CT molecular complexity index is 1480. The number of anilines is 1. The van der Waals surface area contributed by atoms with Crippen LogP contribution in [0.1, 0.15) is 43.9 Å². The molecule has 0 aliphatic carbocycles. The Morgan fingerprint density at radius 1 is 1.12 bits per heavy atom. The Morgan fingerprint density at radius 2 is 1.91 bits per heavy atom. The first-order chi connectivity index (χ1) is 15.3. The zero-order valence-electron chi connectivity index (χ0n) is 17.4. The van der Waals surface area contributed by atoms with Gasteiger partial charge in [0.15, 0.2) is 10.6 Å². The number of fused-ring (bicyclic) bond motifs is 2. The van der Waals surface area contributed by atoms with Crippen LogP contribution in [-0.4, -0.2) is 15.8 Å². The first kappa shape index (κ1) is 20.1. The van der Waals surface area contributed by atoms with Crippen LogP contribution < -0.4 is 10.3 Å². The predicted molar refractivity (Wildman–Crippen MR) is 121 cm³/mol. The molecule has 0 bridgehead atoms. The minimum atomic E-state index is -0.886. The second-order valence-electron chi connectivity index (χ2n) is 7.74. The lowest BCUT2D eigenvalue weighted by Gasteiger charge is -2.22. The van der Waals surface area contributed by atoms with Crippen molar-refractivity contribution in [3.8, 4) is 0 Å². The molecule has 0 saturated carbocycles. The van der Waals surface area contributed by atoms with Gasteiger partial charge in [-0.25, -0.2) is 4.98 Å². The molecule has 2 aromatic carbocycles. The minimum Gasteiger partial charge on any atom is -0.450 e. The number of carbonyl (C=O) groups excluding carboxylic acids is 1. The monoisotopic (exact) mass is 447 g/mol. The molecule has 0 fully saturated rings. The third kappa shape index (κ3) is 2.93. The maximum absolute atomic E-state index is 13.6. The molecule has 160 valence electrons. The lowest BCUT2D eigenvalue weighted by atomic mass is 9.98. The summed E-state index contributed by atoms with van der Waals surface area (Å²) in [5, 5.41) is 12.2. The van der Waals surface area contributed by atoms with E-state index in [4.69, 9.17) is 4.42 Å². The molecule has 0 spiro atoms. The third-order valence-electron chi connectivity index (χ3n) is 5.65. The molecular formula is C23H17N3O5S. The fraction of sp³-hybridized carbons (Fsp3) is 0.174. The number of hydrogen-bond donors (Lipinski definition) is 0. The normalized spacial score (nSPS) is 15.4. The quantitative estimate of drug-likeness (QED) is 0.329. The molecule has 2 aromatic heterocycles. The van der Waals surface area contributed by atoms with Gasteiger partial charge in [0.1, 0.15) is 5.58 Å². The number of thiazole rings is 1. The number of nitro groups is 1. The van der Waals surface area contributed by atoms with Crippen LogP contribution in [-0.2, 0) is 0 Å². The maximum atomic E-state index is 13.6. The van der Waals surface area contributed by atoms with Gasteiger partial charge in [0.05, 0.1) is 27.6 Å². The number of rotatable bonds is 3. The highest BCUT2D eigenvalue weighted by Gasteiger charge is 2.45. The van der Waals surface area contributed by atoms with Crippen molar-refractivity contribution in [1.82, 2.24) is 4.98 Å². The molecule has 5 rings (SSSR count). The Morgan fingerprint density at radius 3 is 2.59 bits per heavy atom. The zero-order valence-corrected chi connectivity index (χ0v) is 18.2. The first-order valence-corrected chi connectivity index (χ1v) is 10.7. The van der Waals surface area contributed by atoms with Crippen molar-refractivity contribution in [1.29, 1.82) is 0 Å². The summed E-state index contributed by atoms with van der Waals surface area (Å²) in [5.74, 6) is -0.557. The molecule has 0 unspecified atom stereocenters. The van der Waals surface area contributed by atoms with Crippen molar-refractivity contribution in [3.63, 3.8) is 0 Å². The second kappa shape index (κ2) is 7.10. The number of benzene rings is 2. The largest absolute Gasteiger partial charge is 0.450 e. The van der Waals surface area contributed by atoms with E-state index in [0.29, 0.717) is 21.7 Å². The van der Waals surface area contributed by atoms with Gasteiger partial charge in [-0.15, -0.1) is 11.3 Å². The van der Waals surface area contributed by atoms with Crippen molar-refractivity contribution in [2.45, 2.75) is 26.8 Å². The predicted octanol–water partition coefficient (Wildman–Crippen LogP) is 4.83. The third-order valence-corrected chi connectivity index (χ3v) is 6.72. The molecule has 3 heterocycles. The topological polar surface area (TPSA) is 107 Å². The number of aromatic nitrogens is 1. The van der Waals surface area contributed by atoms with Gasteiger partial charge in [-0.05, 0) is 38.5 Å². The van der Waals surface area contributed by atoms with Crippen molar-refractivity contribution in [2.24, 2.45) is 0 Å². The van der Waals surface area contributed by atoms with Crippen LogP contribution in [0.3, 0.4) is 0 Å². The molecule has 1 atom stereocenters. The van der Waals surface area contributed by atoms with E-state index < -0.39 is 16.9 Å². The van der Waals surface area contributed by atoms with Gasteiger partial charge in [0.2, 0.25) is 5.76 Å². The Labute approximate surface area is 185 Å². The minimum absolute atomic E-state index is 0.0617.